The molecule has 0 bridgehead atoms. The third-order valence-electron chi connectivity index (χ3n) is 2.89. The molecule has 0 spiro atoms. The third-order valence-corrected chi connectivity index (χ3v) is 4.44. The van der Waals surface area contributed by atoms with Gasteiger partial charge in [-0.1, -0.05) is 35.9 Å². The average Bonchev–Trinajstić information content (AvgIpc) is 2.46. The first kappa shape index (κ1) is 16.4. The van der Waals surface area contributed by atoms with Gasteiger partial charge in [0.15, 0.2) is 0 Å². The highest BCUT2D eigenvalue weighted by atomic mass is 35.5. The van der Waals surface area contributed by atoms with Crippen molar-refractivity contribution in [2.45, 2.75) is 12.3 Å². The fraction of sp³-hybridized carbons (Fsp3) is 0.143. The zero-order chi connectivity index (χ0) is 16.2. The van der Waals surface area contributed by atoms with Gasteiger partial charge in [-0.2, -0.15) is 0 Å². The van der Waals surface area contributed by atoms with E-state index in [0.717, 1.165) is 5.56 Å². The lowest BCUT2D eigenvalue weighted by molar-refractivity contribution is -0.384. The van der Waals surface area contributed by atoms with Gasteiger partial charge in [0, 0.05) is 23.7 Å². The van der Waals surface area contributed by atoms with E-state index in [-0.39, 0.29) is 18.0 Å². The van der Waals surface area contributed by atoms with Gasteiger partial charge in [0.1, 0.15) is 0 Å². The number of sulfonamides is 1. The maximum Gasteiger partial charge on any atom is 0.269 e. The number of hydrogen-bond acceptors (Lipinski definition) is 4. The van der Waals surface area contributed by atoms with E-state index in [4.69, 9.17) is 11.6 Å². The van der Waals surface area contributed by atoms with Crippen molar-refractivity contribution in [3.05, 3.63) is 74.8 Å². The van der Waals surface area contributed by atoms with E-state index in [9.17, 15) is 18.5 Å². The van der Waals surface area contributed by atoms with Crippen LogP contribution in [0.25, 0.3) is 0 Å². The topological polar surface area (TPSA) is 89.3 Å². The Balaban J connectivity index is 2.03. The number of non-ortho nitro benzene ring substituents is 1. The van der Waals surface area contributed by atoms with Crippen molar-refractivity contribution in [3.63, 3.8) is 0 Å². The summed E-state index contributed by atoms with van der Waals surface area (Å²) >= 11 is 5.76. The number of nitrogens with one attached hydrogen (secondary N) is 1. The molecule has 0 unspecified atom stereocenters. The molecule has 1 N–H and O–H groups in total. The SMILES string of the molecule is O=[N+]([O-])c1cccc(CS(=O)(=O)NCc2ccc(Cl)cc2)c1. The molecule has 22 heavy (non-hydrogen) atoms. The van der Waals surface area contributed by atoms with Crippen molar-refractivity contribution in [3.8, 4) is 0 Å². The second-order valence-electron chi connectivity index (χ2n) is 4.63. The lowest BCUT2D eigenvalue weighted by Crippen LogP contribution is -2.24. The highest BCUT2D eigenvalue weighted by Crippen LogP contribution is 2.15. The maximum absolute atomic E-state index is 12.0. The lowest BCUT2D eigenvalue weighted by atomic mass is 10.2. The molecule has 8 heteroatoms. The quantitative estimate of drug-likeness (QED) is 0.646. The van der Waals surface area contributed by atoms with Crippen molar-refractivity contribution in [1.82, 2.24) is 4.72 Å². The summed E-state index contributed by atoms with van der Waals surface area (Å²) in [5.41, 5.74) is 0.996. The Hall–Kier alpha value is -1.96. The molecule has 0 aromatic heterocycles. The summed E-state index contributed by atoms with van der Waals surface area (Å²) in [5.74, 6) is -0.317. The largest absolute Gasteiger partial charge is 0.269 e. The summed E-state index contributed by atoms with van der Waals surface area (Å²) in [7, 11) is -3.59. The summed E-state index contributed by atoms with van der Waals surface area (Å²) < 4.78 is 26.5. The zero-order valence-electron chi connectivity index (χ0n) is 11.4. The van der Waals surface area contributed by atoms with Crippen LogP contribution in [0.3, 0.4) is 0 Å². The molecule has 2 rings (SSSR count). The Morgan fingerprint density at radius 3 is 2.41 bits per heavy atom. The molecule has 0 radical (unpaired) electrons. The molecule has 2 aromatic rings. The van der Waals surface area contributed by atoms with Gasteiger partial charge in [0.2, 0.25) is 10.0 Å². The van der Waals surface area contributed by atoms with Crippen molar-refractivity contribution in [2.75, 3.05) is 0 Å². The summed E-state index contributed by atoms with van der Waals surface area (Å²) in [5, 5.41) is 11.3. The van der Waals surface area contributed by atoms with Crippen molar-refractivity contribution < 1.29 is 13.3 Å². The first-order valence-corrected chi connectivity index (χ1v) is 8.34. The van der Waals surface area contributed by atoms with Gasteiger partial charge in [-0.15, -0.1) is 0 Å². The maximum atomic E-state index is 12.0. The predicted octanol–water partition coefficient (Wildman–Crippen LogP) is 2.87. The molecule has 0 heterocycles. The van der Waals surface area contributed by atoms with E-state index in [0.29, 0.717) is 10.6 Å². The minimum absolute atomic E-state index is 0.133. The van der Waals surface area contributed by atoms with Crippen LogP contribution in [-0.2, 0) is 22.3 Å². The molecule has 6 nitrogen and oxygen atoms in total. The van der Waals surface area contributed by atoms with Gasteiger partial charge < -0.3 is 0 Å². The fourth-order valence-corrected chi connectivity index (χ4v) is 3.06. The van der Waals surface area contributed by atoms with E-state index >= 15 is 0 Å². The van der Waals surface area contributed by atoms with Crippen LogP contribution < -0.4 is 4.72 Å². The van der Waals surface area contributed by atoms with Gasteiger partial charge in [0.25, 0.3) is 5.69 Å². The summed E-state index contributed by atoms with van der Waals surface area (Å²) in [6.07, 6.45) is 0. The number of nitro groups is 1. The third kappa shape index (κ3) is 4.80. The Bertz CT molecular complexity index is 776. The van der Waals surface area contributed by atoms with Gasteiger partial charge >= 0.3 is 0 Å². The molecule has 0 aliphatic rings. The minimum Gasteiger partial charge on any atom is -0.258 e. The van der Waals surface area contributed by atoms with E-state index < -0.39 is 14.9 Å². The van der Waals surface area contributed by atoms with Gasteiger partial charge in [-0.25, -0.2) is 13.1 Å². The zero-order valence-corrected chi connectivity index (χ0v) is 13.0. The van der Waals surface area contributed by atoms with Crippen LogP contribution in [0.5, 0.6) is 0 Å². The number of nitrogens with zero attached hydrogens (tertiary/aromatic N) is 1. The van der Waals surface area contributed by atoms with Crippen LogP contribution in [0.1, 0.15) is 11.1 Å². The van der Waals surface area contributed by atoms with E-state index in [2.05, 4.69) is 4.72 Å². The molecule has 0 aliphatic carbocycles. The van der Waals surface area contributed by atoms with E-state index in [1.165, 1.54) is 24.3 Å². The first-order chi connectivity index (χ1) is 10.4. The number of halogens is 1. The van der Waals surface area contributed by atoms with E-state index in [1.54, 1.807) is 24.3 Å². The van der Waals surface area contributed by atoms with Crippen LogP contribution in [0.2, 0.25) is 5.02 Å². The van der Waals surface area contributed by atoms with Crippen LogP contribution in [-0.4, -0.2) is 13.3 Å². The second-order valence-corrected chi connectivity index (χ2v) is 6.88. The molecule has 2 aromatic carbocycles. The lowest BCUT2D eigenvalue weighted by Gasteiger charge is -2.07. The van der Waals surface area contributed by atoms with Crippen LogP contribution in [0.4, 0.5) is 5.69 Å². The molecule has 0 saturated carbocycles. The molecule has 0 fully saturated rings. The second kappa shape index (κ2) is 6.87. The van der Waals surface area contributed by atoms with Gasteiger partial charge in [-0.3, -0.25) is 10.1 Å². The highest BCUT2D eigenvalue weighted by molar-refractivity contribution is 7.88. The monoisotopic (exact) mass is 340 g/mol. The van der Waals surface area contributed by atoms with Crippen LogP contribution in [0, 0.1) is 10.1 Å². The number of nitro benzene ring substituents is 1. The highest BCUT2D eigenvalue weighted by Gasteiger charge is 2.14. The normalized spacial score (nSPS) is 11.3. The summed E-state index contributed by atoms with van der Waals surface area (Å²) in [4.78, 5) is 10.1. The molecule has 0 saturated heterocycles. The Morgan fingerprint density at radius 1 is 1.09 bits per heavy atom. The molecule has 0 amide bonds. The van der Waals surface area contributed by atoms with Crippen molar-refractivity contribution >= 4 is 27.3 Å². The molecular weight excluding hydrogens is 328 g/mol. The molecule has 116 valence electrons. The fourth-order valence-electron chi connectivity index (χ4n) is 1.83. The Kier molecular flexibility index (Phi) is 5.12. The summed E-state index contributed by atoms with van der Waals surface area (Å²) in [6, 6.07) is 12.4. The smallest absolute Gasteiger partial charge is 0.258 e. The Labute approximate surface area is 132 Å². The molecular formula is C14H13ClN2O4S. The van der Waals surface area contributed by atoms with Crippen molar-refractivity contribution in [1.29, 1.82) is 0 Å². The van der Waals surface area contributed by atoms with Gasteiger partial charge in [-0.05, 0) is 23.3 Å². The average molecular weight is 341 g/mol. The first-order valence-electron chi connectivity index (χ1n) is 6.31. The van der Waals surface area contributed by atoms with E-state index in [1.807, 2.05) is 0 Å². The number of rotatable bonds is 6. The van der Waals surface area contributed by atoms with Crippen LogP contribution in [0.15, 0.2) is 48.5 Å². The van der Waals surface area contributed by atoms with Crippen molar-refractivity contribution in [2.24, 2.45) is 0 Å². The standard InChI is InChI=1S/C14H13ClN2O4S/c15-13-6-4-11(5-7-13)9-16-22(20,21)10-12-2-1-3-14(8-12)17(18)19/h1-8,16H,9-10H2. The Morgan fingerprint density at radius 2 is 1.77 bits per heavy atom. The molecule has 0 aliphatic heterocycles. The number of hydrogen-bond donors (Lipinski definition) is 1. The summed E-state index contributed by atoms with van der Waals surface area (Å²) in [6.45, 7) is 0.133. The predicted molar refractivity (Wildman–Crippen MR) is 84.0 cm³/mol. The number of benzene rings is 2. The van der Waals surface area contributed by atoms with Crippen LogP contribution >= 0.6 is 11.6 Å². The van der Waals surface area contributed by atoms with Gasteiger partial charge in [0.05, 0.1) is 10.7 Å². The molecule has 0 atom stereocenters. The minimum atomic E-state index is -3.59.